The summed E-state index contributed by atoms with van der Waals surface area (Å²) < 4.78 is 11.7. The number of hydrogen-bond acceptors (Lipinski definition) is 3. The number of rotatable bonds is 6. The molecule has 1 aliphatic rings. The van der Waals surface area contributed by atoms with Crippen molar-refractivity contribution in [1.82, 2.24) is 5.32 Å². The first-order chi connectivity index (χ1) is 11.8. The van der Waals surface area contributed by atoms with Crippen molar-refractivity contribution < 1.29 is 14.3 Å². The van der Waals surface area contributed by atoms with Gasteiger partial charge in [-0.3, -0.25) is 4.79 Å². The van der Waals surface area contributed by atoms with Gasteiger partial charge in [0.15, 0.2) is 0 Å². The number of ether oxygens (including phenoxy) is 2. The molecule has 0 fully saturated rings. The van der Waals surface area contributed by atoms with Gasteiger partial charge in [-0.25, -0.2) is 0 Å². The Balaban J connectivity index is 1.65. The van der Waals surface area contributed by atoms with Crippen molar-refractivity contribution >= 4 is 5.91 Å². The van der Waals surface area contributed by atoms with Gasteiger partial charge in [0.2, 0.25) is 5.91 Å². The van der Waals surface area contributed by atoms with E-state index < -0.39 is 0 Å². The fourth-order valence-electron chi connectivity index (χ4n) is 3.00. The molecule has 1 atom stereocenters. The van der Waals surface area contributed by atoms with E-state index in [1.165, 1.54) is 5.56 Å². The minimum atomic E-state index is 0.0888. The molecule has 24 heavy (non-hydrogen) atoms. The minimum absolute atomic E-state index is 0.0888. The van der Waals surface area contributed by atoms with Crippen LogP contribution in [0.4, 0.5) is 0 Å². The maximum atomic E-state index is 11.5. The lowest BCUT2D eigenvalue weighted by molar-refractivity contribution is -0.120. The highest BCUT2D eigenvalue weighted by Crippen LogP contribution is 2.38. The fraction of sp³-hybridized carbons (Fsp3) is 0.350. The highest BCUT2D eigenvalue weighted by Gasteiger charge is 2.22. The fourth-order valence-corrected chi connectivity index (χ4v) is 3.00. The average molecular weight is 325 g/mol. The molecule has 4 nitrogen and oxygen atoms in total. The maximum Gasteiger partial charge on any atom is 0.219 e. The highest BCUT2D eigenvalue weighted by molar-refractivity contribution is 5.75. The van der Waals surface area contributed by atoms with Crippen molar-refractivity contribution in [3.63, 3.8) is 0 Å². The molecule has 1 unspecified atom stereocenters. The van der Waals surface area contributed by atoms with E-state index in [1.807, 2.05) is 42.5 Å². The second-order valence-electron chi connectivity index (χ2n) is 6.02. The third-order valence-electron chi connectivity index (χ3n) is 4.40. The van der Waals surface area contributed by atoms with Crippen molar-refractivity contribution in [2.75, 3.05) is 13.7 Å². The van der Waals surface area contributed by atoms with E-state index in [1.54, 1.807) is 7.05 Å². The Hall–Kier alpha value is -2.49. The van der Waals surface area contributed by atoms with E-state index in [0.29, 0.717) is 25.6 Å². The van der Waals surface area contributed by atoms with Crippen LogP contribution in [0.5, 0.6) is 11.5 Å². The maximum absolute atomic E-state index is 11.5. The van der Waals surface area contributed by atoms with Crippen LogP contribution in [-0.2, 0) is 11.4 Å². The molecule has 1 aliphatic heterocycles. The zero-order chi connectivity index (χ0) is 16.8. The molecule has 1 amide bonds. The van der Waals surface area contributed by atoms with Crippen molar-refractivity contribution in [1.29, 1.82) is 0 Å². The normalized spacial score (nSPS) is 16.0. The monoisotopic (exact) mass is 325 g/mol. The molecule has 1 N–H and O–H groups in total. The van der Waals surface area contributed by atoms with Gasteiger partial charge < -0.3 is 14.8 Å². The quantitative estimate of drug-likeness (QED) is 0.882. The Bertz CT molecular complexity index is 685. The number of carbonyl (C=O) groups is 1. The Morgan fingerprint density at radius 1 is 1.25 bits per heavy atom. The first-order valence-electron chi connectivity index (χ1n) is 8.40. The predicted octanol–water partition coefficient (Wildman–Crippen LogP) is 3.66. The molecule has 2 aromatic carbocycles. The number of nitrogens with one attached hydrogen (secondary N) is 1. The van der Waals surface area contributed by atoms with Gasteiger partial charge in [0, 0.05) is 19.5 Å². The molecule has 3 rings (SSSR count). The van der Waals surface area contributed by atoms with E-state index in [9.17, 15) is 4.79 Å². The van der Waals surface area contributed by atoms with Crippen LogP contribution < -0.4 is 14.8 Å². The molecule has 0 saturated heterocycles. The lowest BCUT2D eigenvalue weighted by Gasteiger charge is -2.26. The number of hydrogen-bond donors (Lipinski definition) is 1. The number of amides is 1. The van der Waals surface area contributed by atoms with Crippen LogP contribution in [0.15, 0.2) is 48.5 Å². The lowest BCUT2D eigenvalue weighted by atomic mass is 9.89. The van der Waals surface area contributed by atoms with E-state index in [-0.39, 0.29) is 5.91 Å². The van der Waals surface area contributed by atoms with Gasteiger partial charge in [0.25, 0.3) is 0 Å². The summed E-state index contributed by atoms with van der Waals surface area (Å²) >= 11 is 0. The van der Waals surface area contributed by atoms with Gasteiger partial charge >= 0.3 is 0 Å². The summed E-state index contributed by atoms with van der Waals surface area (Å²) in [5.74, 6) is 2.15. The molecule has 2 aromatic rings. The third kappa shape index (κ3) is 4.07. The molecule has 4 heteroatoms. The van der Waals surface area contributed by atoms with E-state index in [2.05, 4.69) is 11.4 Å². The summed E-state index contributed by atoms with van der Waals surface area (Å²) in [6.07, 6.45) is 2.35. The summed E-state index contributed by atoms with van der Waals surface area (Å²) in [5.41, 5.74) is 2.32. The molecule has 126 valence electrons. The van der Waals surface area contributed by atoms with Gasteiger partial charge in [0.05, 0.1) is 6.61 Å². The molecule has 0 radical (unpaired) electrons. The van der Waals surface area contributed by atoms with Crippen LogP contribution in [0.3, 0.4) is 0 Å². The van der Waals surface area contributed by atoms with Crippen molar-refractivity contribution in [3.8, 4) is 11.5 Å². The summed E-state index contributed by atoms with van der Waals surface area (Å²) in [6, 6.07) is 16.1. The van der Waals surface area contributed by atoms with Crippen LogP contribution in [0, 0.1) is 0 Å². The molecule has 0 spiro atoms. The third-order valence-corrected chi connectivity index (χ3v) is 4.40. The lowest BCUT2D eigenvalue weighted by Crippen LogP contribution is -2.20. The molecular formula is C20H23NO3. The zero-order valence-electron chi connectivity index (χ0n) is 14.0. The van der Waals surface area contributed by atoms with Crippen molar-refractivity contribution in [2.24, 2.45) is 0 Å². The van der Waals surface area contributed by atoms with Crippen LogP contribution >= 0.6 is 0 Å². The van der Waals surface area contributed by atoms with Gasteiger partial charge in [-0.05, 0) is 36.0 Å². The number of carbonyl (C=O) groups excluding carboxylic acids is 1. The topological polar surface area (TPSA) is 47.6 Å². The van der Waals surface area contributed by atoms with Crippen LogP contribution in [0.2, 0.25) is 0 Å². The first-order valence-corrected chi connectivity index (χ1v) is 8.40. The second-order valence-corrected chi connectivity index (χ2v) is 6.02. The van der Waals surface area contributed by atoms with E-state index >= 15 is 0 Å². The van der Waals surface area contributed by atoms with Crippen molar-refractivity contribution in [2.45, 2.75) is 31.8 Å². The number of benzene rings is 2. The number of fused-ring (bicyclic) bond motifs is 1. The summed E-state index contributed by atoms with van der Waals surface area (Å²) in [4.78, 5) is 11.5. The van der Waals surface area contributed by atoms with E-state index in [0.717, 1.165) is 29.9 Å². The summed E-state index contributed by atoms with van der Waals surface area (Å²) in [6.45, 7) is 1.23. The molecule has 0 aromatic heterocycles. The van der Waals surface area contributed by atoms with Gasteiger partial charge in [0.1, 0.15) is 18.1 Å². The first kappa shape index (κ1) is 16.4. The molecule has 0 saturated carbocycles. The van der Waals surface area contributed by atoms with Crippen LogP contribution in [-0.4, -0.2) is 19.6 Å². The Morgan fingerprint density at radius 3 is 2.88 bits per heavy atom. The zero-order valence-corrected chi connectivity index (χ0v) is 14.0. The second kappa shape index (κ2) is 7.86. The highest BCUT2D eigenvalue weighted by atomic mass is 16.5. The Kier molecular flexibility index (Phi) is 5.36. The average Bonchev–Trinajstić information content (AvgIpc) is 2.65. The standard InChI is InChI=1S/C20H23NO3/c1-21-20(22)10-7-16-11-12-23-19-13-17(8-9-18(16)19)24-14-15-5-3-2-4-6-15/h2-6,8-9,13,16H,7,10-12,14H2,1H3,(H,21,22). The molecule has 0 bridgehead atoms. The SMILES string of the molecule is CNC(=O)CCC1CCOc2cc(OCc3ccccc3)ccc21. The Labute approximate surface area is 142 Å². The van der Waals surface area contributed by atoms with Gasteiger partial charge in [-0.15, -0.1) is 0 Å². The van der Waals surface area contributed by atoms with E-state index in [4.69, 9.17) is 9.47 Å². The molecule has 1 heterocycles. The summed E-state index contributed by atoms with van der Waals surface area (Å²) in [5, 5.41) is 2.68. The minimum Gasteiger partial charge on any atom is -0.493 e. The van der Waals surface area contributed by atoms with Crippen LogP contribution in [0.1, 0.15) is 36.3 Å². The summed E-state index contributed by atoms with van der Waals surface area (Å²) in [7, 11) is 1.68. The molecule has 0 aliphatic carbocycles. The largest absolute Gasteiger partial charge is 0.493 e. The Morgan fingerprint density at radius 2 is 2.08 bits per heavy atom. The van der Waals surface area contributed by atoms with Gasteiger partial charge in [-0.2, -0.15) is 0 Å². The van der Waals surface area contributed by atoms with Gasteiger partial charge in [-0.1, -0.05) is 36.4 Å². The molecular weight excluding hydrogens is 302 g/mol. The predicted molar refractivity (Wildman–Crippen MR) is 93.4 cm³/mol. The van der Waals surface area contributed by atoms with Crippen LogP contribution in [0.25, 0.3) is 0 Å². The van der Waals surface area contributed by atoms with Crippen molar-refractivity contribution in [3.05, 3.63) is 59.7 Å². The smallest absolute Gasteiger partial charge is 0.219 e.